The van der Waals surface area contributed by atoms with Crippen molar-refractivity contribution in [1.82, 2.24) is 0 Å². The molecule has 0 radical (unpaired) electrons. The Labute approximate surface area is 166 Å². The van der Waals surface area contributed by atoms with Crippen LogP contribution in [0.2, 0.25) is 0 Å². The van der Waals surface area contributed by atoms with Crippen molar-refractivity contribution in [3.63, 3.8) is 0 Å². The summed E-state index contributed by atoms with van der Waals surface area (Å²) in [6, 6.07) is 6.35. The zero-order chi connectivity index (χ0) is 20.8. The van der Waals surface area contributed by atoms with Gasteiger partial charge in [-0.1, -0.05) is 18.6 Å². The normalized spacial score (nSPS) is 34.6. The van der Waals surface area contributed by atoms with Gasteiger partial charge in [0.25, 0.3) is 0 Å². The molecule has 5 nitrogen and oxygen atoms in total. The van der Waals surface area contributed by atoms with Gasteiger partial charge in [-0.25, -0.2) is 22.6 Å². The zero-order valence-corrected chi connectivity index (χ0v) is 15.9. The third kappa shape index (κ3) is 3.44. The Hall–Kier alpha value is -2.32. The van der Waals surface area contributed by atoms with Crippen LogP contribution in [-0.4, -0.2) is 42.3 Å². The van der Waals surface area contributed by atoms with Crippen LogP contribution in [0.3, 0.4) is 0 Å². The second-order valence-corrected chi connectivity index (χ2v) is 8.10. The molecule has 4 rings (SSSR count). The summed E-state index contributed by atoms with van der Waals surface area (Å²) in [7, 11) is 0. The standard InChI is InChI=1S/C20H25F4N5/c21-13-10-14(22)17(24)15(16(13)23)11-5-4-6-12(9-11)29-19(26)27-18(25)28-20(29)7-2-1-3-8-20/h4-6,9,13-17H,1-3,7-8,10H2,(H4,25,26,27,28). The van der Waals surface area contributed by atoms with Crippen molar-refractivity contribution in [2.45, 2.75) is 74.8 Å². The maximum atomic E-state index is 14.5. The van der Waals surface area contributed by atoms with E-state index in [1.54, 1.807) is 17.0 Å². The maximum Gasteiger partial charge on any atom is 0.220 e. The Morgan fingerprint density at radius 1 is 0.966 bits per heavy atom. The van der Waals surface area contributed by atoms with Crippen molar-refractivity contribution in [1.29, 1.82) is 0 Å². The lowest BCUT2D eigenvalue weighted by Gasteiger charge is -2.46. The summed E-state index contributed by atoms with van der Waals surface area (Å²) in [6.07, 6.45) is -4.75. The Bertz CT molecular complexity index is 809. The lowest BCUT2D eigenvalue weighted by atomic mass is 9.79. The number of rotatable bonds is 2. The molecule has 4 unspecified atom stereocenters. The number of aliphatic imine (C=N–C) groups is 2. The summed E-state index contributed by atoms with van der Waals surface area (Å²) in [5.74, 6) is -1.29. The number of halogens is 4. The largest absolute Gasteiger partial charge is 0.369 e. The summed E-state index contributed by atoms with van der Waals surface area (Å²) < 4.78 is 56.9. The topological polar surface area (TPSA) is 80.0 Å². The van der Waals surface area contributed by atoms with E-state index in [-0.39, 0.29) is 17.5 Å². The second-order valence-electron chi connectivity index (χ2n) is 8.10. The van der Waals surface area contributed by atoms with Gasteiger partial charge in [-0.2, -0.15) is 4.99 Å². The van der Waals surface area contributed by atoms with E-state index in [1.165, 1.54) is 12.1 Å². The fourth-order valence-corrected chi connectivity index (χ4v) is 4.83. The van der Waals surface area contributed by atoms with E-state index in [4.69, 9.17) is 11.5 Å². The molecule has 29 heavy (non-hydrogen) atoms. The first kappa shape index (κ1) is 20.0. The Morgan fingerprint density at radius 2 is 1.62 bits per heavy atom. The molecule has 2 aliphatic carbocycles. The van der Waals surface area contributed by atoms with Crippen molar-refractivity contribution < 1.29 is 17.6 Å². The number of anilines is 1. The first-order valence-corrected chi connectivity index (χ1v) is 9.98. The van der Waals surface area contributed by atoms with Crippen LogP contribution in [-0.2, 0) is 0 Å². The Morgan fingerprint density at radius 3 is 2.28 bits per heavy atom. The molecule has 0 bridgehead atoms. The highest BCUT2D eigenvalue weighted by molar-refractivity contribution is 6.05. The van der Waals surface area contributed by atoms with Crippen molar-refractivity contribution >= 4 is 17.6 Å². The van der Waals surface area contributed by atoms with Gasteiger partial charge in [-0.05, 0) is 43.4 Å². The third-order valence-corrected chi connectivity index (χ3v) is 6.19. The van der Waals surface area contributed by atoms with Gasteiger partial charge in [-0.15, -0.1) is 0 Å². The molecule has 4 N–H and O–H groups in total. The molecule has 4 atom stereocenters. The summed E-state index contributed by atoms with van der Waals surface area (Å²) in [5, 5.41) is 0. The fraction of sp³-hybridized carbons (Fsp3) is 0.600. The van der Waals surface area contributed by atoms with Gasteiger partial charge >= 0.3 is 0 Å². The van der Waals surface area contributed by atoms with Crippen LogP contribution in [0.25, 0.3) is 0 Å². The second kappa shape index (κ2) is 7.50. The van der Waals surface area contributed by atoms with Crippen molar-refractivity contribution in [2.75, 3.05) is 4.90 Å². The van der Waals surface area contributed by atoms with E-state index in [0.717, 1.165) is 19.3 Å². The molecular formula is C20H25F4N5. The van der Waals surface area contributed by atoms with Gasteiger partial charge in [-0.3, -0.25) is 4.90 Å². The van der Waals surface area contributed by atoms with Gasteiger partial charge in [0.2, 0.25) is 11.9 Å². The minimum absolute atomic E-state index is 0.0947. The van der Waals surface area contributed by atoms with E-state index in [2.05, 4.69) is 9.98 Å². The number of alkyl halides is 4. The highest BCUT2D eigenvalue weighted by Crippen LogP contribution is 2.43. The molecule has 1 spiro atoms. The molecule has 0 amide bonds. The molecule has 1 aromatic carbocycles. The van der Waals surface area contributed by atoms with E-state index in [1.807, 2.05) is 0 Å². The SMILES string of the molecule is NC1=NC2(CCCCC2)N(c2cccc(C3C(F)C(F)CC(F)C3F)c2)C(N)=N1. The smallest absolute Gasteiger partial charge is 0.220 e. The predicted molar refractivity (Wildman–Crippen MR) is 105 cm³/mol. The summed E-state index contributed by atoms with van der Waals surface area (Å²) in [5.41, 5.74) is 12.0. The first-order valence-electron chi connectivity index (χ1n) is 9.98. The van der Waals surface area contributed by atoms with Crippen LogP contribution in [0.4, 0.5) is 23.2 Å². The van der Waals surface area contributed by atoms with Gasteiger partial charge in [0.1, 0.15) is 30.3 Å². The molecule has 9 heteroatoms. The quantitative estimate of drug-likeness (QED) is 0.730. The number of nitrogens with zero attached hydrogens (tertiary/aromatic N) is 3. The van der Waals surface area contributed by atoms with Crippen LogP contribution < -0.4 is 16.4 Å². The van der Waals surface area contributed by atoms with Gasteiger partial charge in [0, 0.05) is 12.1 Å². The maximum absolute atomic E-state index is 14.5. The molecule has 1 aliphatic heterocycles. The van der Waals surface area contributed by atoms with Crippen molar-refractivity contribution in [2.24, 2.45) is 21.5 Å². The molecular weight excluding hydrogens is 386 g/mol. The number of guanidine groups is 2. The summed E-state index contributed by atoms with van der Waals surface area (Å²) in [4.78, 5) is 10.4. The van der Waals surface area contributed by atoms with Gasteiger partial charge in [0.15, 0.2) is 0 Å². The number of hydrogen-bond donors (Lipinski definition) is 2. The molecule has 3 aliphatic rings. The molecule has 1 heterocycles. The third-order valence-electron chi connectivity index (χ3n) is 6.19. The average Bonchev–Trinajstić information content (AvgIpc) is 2.67. The Balaban J connectivity index is 1.73. The van der Waals surface area contributed by atoms with E-state index in [9.17, 15) is 17.6 Å². The molecule has 2 saturated carbocycles. The molecule has 0 saturated heterocycles. The summed E-state index contributed by atoms with van der Waals surface area (Å²) >= 11 is 0. The summed E-state index contributed by atoms with van der Waals surface area (Å²) in [6.45, 7) is 0. The lowest BCUT2D eigenvalue weighted by molar-refractivity contribution is -0.00570. The number of hydrogen-bond acceptors (Lipinski definition) is 5. The number of nitrogens with two attached hydrogens (primary N) is 2. The molecule has 0 aromatic heterocycles. The number of benzene rings is 1. The van der Waals surface area contributed by atoms with Crippen LogP contribution in [0, 0.1) is 0 Å². The minimum atomic E-state index is -2.11. The first-order chi connectivity index (χ1) is 13.8. The van der Waals surface area contributed by atoms with E-state index in [0.29, 0.717) is 18.5 Å². The predicted octanol–water partition coefficient (Wildman–Crippen LogP) is 3.64. The molecule has 2 fully saturated rings. The van der Waals surface area contributed by atoms with Crippen LogP contribution >= 0.6 is 0 Å². The Kier molecular flexibility index (Phi) is 5.16. The van der Waals surface area contributed by atoms with E-state index < -0.39 is 42.7 Å². The average molecular weight is 411 g/mol. The fourth-order valence-electron chi connectivity index (χ4n) is 4.83. The van der Waals surface area contributed by atoms with Crippen LogP contribution in [0.15, 0.2) is 34.3 Å². The van der Waals surface area contributed by atoms with Crippen molar-refractivity contribution in [3.8, 4) is 0 Å². The zero-order valence-electron chi connectivity index (χ0n) is 15.9. The van der Waals surface area contributed by atoms with Crippen LogP contribution in [0.5, 0.6) is 0 Å². The van der Waals surface area contributed by atoms with Crippen LogP contribution in [0.1, 0.15) is 50.0 Å². The van der Waals surface area contributed by atoms with E-state index >= 15 is 0 Å². The van der Waals surface area contributed by atoms with Gasteiger partial charge < -0.3 is 11.5 Å². The monoisotopic (exact) mass is 411 g/mol. The van der Waals surface area contributed by atoms with Crippen molar-refractivity contribution in [3.05, 3.63) is 29.8 Å². The van der Waals surface area contributed by atoms with Gasteiger partial charge in [0.05, 0.1) is 5.92 Å². The molecule has 158 valence electrons. The molecule has 1 aromatic rings. The highest BCUT2D eigenvalue weighted by atomic mass is 19.2. The minimum Gasteiger partial charge on any atom is -0.369 e. The highest BCUT2D eigenvalue weighted by Gasteiger charge is 2.48. The lowest BCUT2D eigenvalue weighted by Crippen LogP contribution is -2.58.